The van der Waals surface area contributed by atoms with Crippen LogP contribution in [0.5, 0.6) is 0 Å². The molecule has 0 amide bonds. The first-order valence-electron chi connectivity index (χ1n) is 4.57. The fourth-order valence-electron chi connectivity index (χ4n) is 1.12. The number of carbonyl (C=O) groups excluding carboxylic acids is 1. The monoisotopic (exact) mass is 229 g/mol. The SMILES string of the molecule is CNC(C)(C)C(=O)c1cc(F)ccc1Cl. The molecule has 1 aromatic rings. The third-order valence-electron chi connectivity index (χ3n) is 2.37. The molecule has 2 nitrogen and oxygen atoms in total. The second-order valence-corrected chi connectivity index (χ2v) is 4.24. The maximum absolute atomic E-state index is 13.0. The zero-order valence-corrected chi connectivity index (χ0v) is 9.65. The average Bonchev–Trinajstić information content (AvgIpc) is 2.20. The molecule has 0 fully saturated rings. The van der Waals surface area contributed by atoms with Gasteiger partial charge in [0.25, 0.3) is 0 Å². The summed E-state index contributed by atoms with van der Waals surface area (Å²) in [7, 11) is 1.67. The minimum atomic E-state index is -0.753. The number of hydrogen-bond acceptors (Lipinski definition) is 2. The Morgan fingerprint density at radius 2 is 2.07 bits per heavy atom. The van der Waals surface area contributed by atoms with E-state index in [-0.39, 0.29) is 16.4 Å². The fraction of sp³-hybridized carbons (Fsp3) is 0.364. The molecule has 0 atom stereocenters. The zero-order valence-electron chi connectivity index (χ0n) is 8.90. The van der Waals surface area contributed by atoms with E-state index in [1.165, 1.54) is 12.1 Å². The fourth-order valence-corrected chi connectivity index (χ4v) is 1.33. The van der Waals surface area contributed by atoms with E-state index in [1.807, 2.05) is 0 Å². The molecule has 0 aliphatic carbocycles. The highest BCUT2D eigenvalue weighted by molar-refractivity contribution is 6.34. The number of benzene rings is 1. The van der Waals surface area contributed by atoms with Crippen molar-refractivity contribution in [2.45, 2.75) is 19.4 Å². The lowest BCUT2D eigenvalue weighted by Crippen LogP contribution is -2.44. The minimum absolute atomic E-state index is 0.205. The quantitative estimate of drug-likeness (QED) is 0.808. The van der Waals surface area contributed by atoms with Crippen LogP contribution >= 0.6 is 11.6 Å². The lowest BCUT2D eigenvalue weighted by molar-refractivity contribution is 0.0889. The van der Waals surface area contributed by atoms with E-state index < -0.39 is 11.4 Å². The van der Waals surface area contributed by atoms with Crippen molar-refractivity contribution in [3.05, 3.63) is 34.6 Å². The predicted molar refractivity (Wildman–Crippen MR) is 58.9 cm³/mol. The van der Waals surface area contributed by atoms with Gasteiger partial charge in [0.15, 0.2) is 5.78 Å². The zero-order chi connectivity index (χ0) is 11.6. The lowest BCUT2D eigenvalue weighted by atomic mass is 9.93. The third-order valence-corrected chi connectivity index (χ3v) is 2.70. The van der Waals surface area contributed by atoms with Gasteiger partial charge >= 0.3 is 0 Å². The highest BCUT2D eigenvalue weighted by Crippen LogP contribution is 2.21. The van der Waals surface area contributed by atoms with Crippen molar-refractivity contribution in [3.63, 3.8) is 0 Å². The Morgan fingerprint density at radius 3 is 2.60 bits per heavy atom. The largest absolute Gasteiger partial charge is 0.308 e. The Kier molecular flexibility index (Phi) is 3.47. The molecule has 82 valence electrons. The minimum Gasteiger partial charge on any atom is -0.308 e. The molecule has 0 aliphatic heterocycles. The van der Waals surface area contributed by atoms with E-state index in [9.17, 15) is 9.18 Å². The first kappa shape index (κ1) is 12.1. The molecule has 0 aliphatic rings. The van der Waals surface area contributed by atoms with Crippen LogP contribution in [0.3, 0.4) is 0 Å². The van der Waals surface area contributed by atoms with E-state index in [4.69, 9.17) is 11.6 Å². The number of likely N-dealkylation sites (N-methyl/N-ethyl adjacent to an activating group) is 1. The van der Waals surface area contributed by atoms with Crippen LogP contribution in [0.25, 0.3) is 0 Å². The molecule has 15 heavy (non-hydrogen) atoms. The maximum atomic E-state index is 13.0. The third kappa shape index (κ3) is 2.55. The number of halogens is 2. The molecule has 0 heterocycles. The molecule has 0 unspecified atom stereocenters. The van der Waals surface area contributed by atoms with Crippen LogP contribution in [0.15, 0.2) is 18.2 Å². The summed E-state index contributed by atoms with van der Waals surface area (Å²) in [6.45, 7) is 3.44. The molecule has 4 heteroatoms. The first-order valence-corrected chi connectivity index (χ1v) is 4.95. The van der Waals surface area contributed by atoms with Crippen molar-refractivity contribution in [1.29, 1.82) is 0 Å². The highest BCUT2D eigenvalue weighted by atomic mass is 35.5. The standard InChI is InChI=1S/C11H13ClFNO/c1-11(2,14-3)10(15)8-6-7(13)4-5-9(8)12/h4-6,14H,1-3H3. The maximum Gasteiger partial charge on any atom is 0.183 e. The van der Waals surface area contributed by atoms with Gasteiger partial charge in [0, 0.05) is 5.56 Å². The van der Waals surface area contributed by atoms with E-state index in [1.54, 1.807) is 20.9 Å². The van der Waals surface area contributed by atoms with Crippen LogP contribution in [0, 0.1) is 5.82 Å². The Morgan fingerprint density at radius 1 is 1.47 bits per heavy atom. The van der Waals surface area contributed by atoms with Gasteiger partial charge in [-0.2, -0.15) is 0 Å². The Hall–Kier alpha value is -0.930. The summed E-state index contributed by atoms with van der Waals surface area (Å²) in [4.78, 5) is 12.0. The lowest BCUT2D eigenvalue weighted by Gasteiger charge is -2.22. The van der Waals surface area contributed by atoms with Gasteiger partial charge in [-0.05, 0) is 39.1 Å². The van der Waals surface area contributed by atoms with Crippen LogP contribution in [-0.4, -0.2) is 18.4 Å². The second-order valence-electron chi connectivity index (χ2n) is 3.83. The summed E-state index contributed by atoms with van der Waals surface area (Å²) in [6.07, 6.45) is 0. The van der Waals surface area contributed by atoms with E-state index >= 15 is 0 Å². The number of ketones is 1. The van der Waals surface area contributed by atoms with E-state index in [2.05, 4.69) is 5.32 Å². The van der Waals surface area contributed by atoms with Gasteiger partial charge in [-0.1, -0.05) is 11.6 Å². The van der Waals surface area contributed by atoms with Crippen LogP contribution in [0.1, 0.15) is 24.2 Å². The number of hydrogen-bond donors (Lipinski definition) is 1. The summed E-state index contributed by atoms with van der Waals surface area (Å²) < 4.78 is 13.0. The number of Topliss-reactive ketones (excluding diaryl/α,β-unsaturated/α-hetero) is 1. The van der Waals surface area contributed by atoms with Crippen molar-refractivity contribution in [2.24, 2.45) is 0 Å². The normalized spacial score (nSPS) is 11.5. The summed E-state index contributed by atoms with van der Waals surface area (Å²) in [5.74, 6) is -0.691. The molecule has 1 rings (SSSR count). The molecule has 1 aromatic carbocycles. The number of nitrogens with one attached hydrogen (secondary N) is 1. The van der Waals surface area contributed by atoms with Crippen LogP contribution in [-0.2, 0) is 0 Å². The Bertz CT molecular complexity index is 390. The summed E-state index contributed by atoms with van der Waals surface area (Å²) in [5.41, 5.74) is -0.548. The summed E-state index contributed by atoms with van der Waals surface area (Å²) >= 11 is 5.84. The van der Waals surface area contributed by atoms with Crippen LogP contribution in [0.2, 0.25) is 5.02 Å². The second kappa shape index (κ2) is 4.29. The molecule has 0 saturated carbocycles. The Labute approximate surface area is 93.4 Å². The van der Waals surface area contributed by atoms with Gasteiger partial charge in [-0.25, -0.2) is 4.39 Å². The van der Waals surface area contributed by atoms with Crippen LogP contribution < -0.4 is 5.32 Å². The van der Waals surface area contributed by atoms with Crippen LogP contribution in [0.4, 0.5) is 4.39 Å². The summed E-state index contributed by atoms with van der Waals surface area (Å²) in [6, 6.07) is 3.77. The molecule has 0 aromatic heterocycles. The average molecular weight is 230 g/mol. The molecule has 0 bridgehead atoms. The first-order chi connectivity index (χ1) is 6.88. The molecule has 0 saturated heterocycles. The molecule has 1 N–H and O–H groups in total. The van der Waals surface area contributed by atoms with Crippen molar-refractivity contribution in [2.75, 3.05) is 7.05 Å². The van der Waals surface area contributed by atoms with Crippen molar-refractivity contribution in [1.82, 2.24) is 5.32 Å². The topological polar surface area (TPSA) is 29.1 Å². The molecule has 0 radical (unpaired) electrons. The van der Waals surface area contributed by atoms with Gasteiger partial charge in [0.05, 0.1) is 10.6 Å². The highest BCUT2D eigenvalue weighted by Gasteiger charge is 2.28. The van der Waals surface area contributed by atoms with Gasteiger partial charge in [-0.15, -0.1) is 0 Å². The van der Waals surface area contributed by atoms with E-state index in [0.717, 1.165) is 6.07 Å². The predicted octanol–water partition coefficient (Wildman–Crippen LogP) is 2.66. The van der Waals surface area contributed by atoms with Crippen molar-refractivity contribution < 1.29 is 9.18 Å². The van der Waals surface area contributed by atoms with Crippen molar-refractivity contribution in [3.8, 4) is 0 Å². The van der Waals surface area contributed by atoms with Gasteiger partial charge in [0.1, 0.15) is 5.82 Å². The van der Waals surface area contributed by atoms with Gasteiger partial charge in [0.2, 0.25) is 0 Å². The number of rotatable bonds is 3. The Balaban J connectivity index is 3.17. The smallest absolute Gasteiger partial charge is 0.183 e. The van der Waals surface area contributed by atoms with Gasteiger partial charge in [-0.3, -0.25) is 4.79 Å². The number of carbonyl (C=O) groups is 1. The molecule has 0 spiro atoms. The molecular formula is C11H13ClFNO. The van der Waals surface area contributed by atoms with Gasteiger partial charge < -0.3 is 5.32 Å². The summed E-state index contributed by atoms with van der Waals surface area (Å²) in [5, 5.41) is 3.12. The van der Waals surface area contributed by atoms with Crippen molar-refractivity contribution >= 4 is 17.4 Å². The molecular weight excluding hydrogens is 217 g/mol. The van der Waals surface area contributed by atoms with E-state index in [0.29, 0.717) is 0 Å².